The highest BCUT2D eigenvalue weighted by Gasteiger charge is 2.21. The Balaban J connectivity index is 4.29. The molecule has 1 atom stereocenters. The lowest BCUT2D eigenvalue weighted by atomic mass is 9.90. The average Bonchev–Trinajstić information content (AvgIpc) is 1.98. The van der Waals surface area contributed by atoms with Crippen LogP contribution in [0.4, 0.5) is 0 Å². The van der Waals surface area contributed by atoms with E-state index in [2.05, 4.69) is 6.58 Å². The first-order chi connectivity index (χ1) is 5.50. The predicted octanol–water partition coefficient (Wildman–Crippen LogP) is 1.55. The van der Waals surface area contributed by atoms with Crippen LogP contribution in [0, 0.1) is 11.8 Å². The fourth-order valence-electron chi connectivity index (χ4n) is 1.03. The van der Waals surface area contributed by atoms with E-state index in [1.165, 1.54) is 0 Å². The highest BCUT2D eigenvalue weighted by Crippen LogP contribution is 2.19. The molecule has 0 unspecified atom stereocenters. The van der Waals surface area contributed by atoms with Crippen LogP contribution in [0.3, 0.4) is 0 Å². The van der Waals surface area contributed by atoms with Gasteiger partial charge in [0, 0.05) is 18.6 Å². The summed E-state index contributed by atoms with van der Waals surface area (Å²) in [6.07, 6.45) is 0. The molecule has 0 aliphatic heterocycles. The number of ether oxygens (including phenoxy) is 1. The molecule has 0 radical (unpaired) electrons. The van der Waals surface area contributed by atoms with E-state index in [1.807, 2.05) is 13.8 Å². The van der Waals surface area contributed by atoms with Crippen LogP contribution in [-0.4, -0.2) is 24.8 Å². The first kappa shape index (κ1) is 11.2. The van der Waals surface area contributed by atoms with Gasteiger partial charge >= 0.3 is 5.97 Å². The van der Waals surface area contributed by atoms with Crippen molar-refractivity contribution in [1.82, 2.24) is 0 Å². The summed E-state index contributed by atoms with van der Waals surface area (Å²) in [7, 11) is 1.56. The molecule has 3 heteroatoms. The summed E-state index contributed by atoms with van der Waals surface area (Å²) in [5.41, 5.74) is 0.229. The maximum atomic E-state index is 10.6. The summed E-state index contributed by atoms with van der Waals surface area (Å²) in [4.78, 5) is 10.6. The number of aliphatic carboxylic acids is 1. The Morgan fingerprint density at radius 2 is 2.08 bits per heavy atom. The molecular formula is C9H16O3. The zero-order valence-corrected chi connectivity index (χ0v) is 7.83. The maximum Gasteiger partial charge on any atom is 0.331 e. The fourth-order valence-corrected chi connectivity index (χ4v) is 1.03. The van der Waals surface area contributed by atoms with Crippen LogP contribution in [0.1, 0.15) is 13.8 Å². The Bertz CT molecular complexity index is 173. The van der Waals surface area contributed by atoms with Gasteiger partial charge in [-0.3, -0.25) is 0 Å². The van der Waals surface area contributed by atoms with Crippen molar-refractivity contribution in [3.8, 4) is 0 Å². The Kier molecular flexibility index (Phi) is 4.59. The molecule has 0 aromatic heterocycles. The quantitative estimate of drug-likeness (QED) is 0.640. The van der Waals surface area contributed by atoms with E-state index in [4.69, 9.17) is 9.84 Å². The summed E-state index contributed by atoms with van der Waals surface area (Å²) in [5, 5.41) is 8.67. The van der Waals surface area contributed by atoms with Crippen molar-refractivity contribution in [3.05, 3.63) is 12.2 Å². The second-order valence-corrected chi connectivity index (χ2v) is 3.14. The van der Waals surface area contributed by atoms with Crippen molar-refractivity contribution < 1.29 is 14.6 Å². The second-order valence-electron chi connectivity index (χ2n) is 3.14. The third-order valence-electron chi connectivity index (χ3n) is 1.87. The SMILES string of the molecule is C=C(C(=O)O)[C@H](COC)C(C)C. The molecule has 12 heavy (non-hydrogen) atoms. The Hall–Kier alpha value is -0.830. The zero-order chi connectivity index (χ0) is 9.72. The van der Waals surface area contributed by atoms with Crippen LogP contribution in [0.5, 0.6) is 0 Å². The van der Waals surface area contributed by atoms with Gasteiger partial charge in [0.2, 0.25) is 0 Å². The zero-order valence-electron chi connectivity index (χ0n) is 7.83. The molecule has 0 saturated heterocycles. The monoisotopic (exact) mass is 172 g/mol. The molecule has 0 amide bonds. The van der Waals surface area contributed by atoms with Crippen molar-refractivity contribution in [1.29, 1.82) is 0 Å². The summed E-state index contributed by atoms with van der Waals surface area (Å²) in [6.45, 7) is 7.85. The third-order valence-corrected chi connectivity index (χ3v) is 1.87. The van der Waals surface area contributed by atoms with Gasteiger partial charge in [-0.15, -0.1) is 0 Å². The largest absolute Gasteiger partial charge is 0.478 e. The molecule has 0 bridgehead atoms. The molecule has 0 aromatic rings. The summed E-state index contributed by atoms with van der Waals surface area (Å²) >= 11 is 0. The van der Waals surface area contributed by atoms with Crippen LogP contribution >= 0.6 is 0 Å². The second kappa shape index (κ2) is 4.93. The maximum absolute atomic E-state index is 10.6. The minimum absolute atomic E-state index is 0.0903. The normalized spacial score (nSPS) is 13.0. The predicted molar refractivity (Wildman–Crippen MR) is 47.0 cm³/mol. The molecule has 1 N–H and O–H groups in total. The molecule has 0 aliphatic rings. The fraction of sp³-hybridized carbons (Fsp3) is 0.667. The van der Waals surface area contributed by atoms with Gasteiger partial charge in [-0.2, -0.15) is 0 Å². The molecule has 70 valence electrons. The van der Waals surface area contributed by atoms with E-state index in [0.717, 1.165) is 0 Å². The average molecular weight is 172 g/mol. The molecule has 3 nitrogen and oxygen atoms in total. The summed E-state index contributed by atoms with van der Waals surface area (Å²) in [5.74, 6) is -0.785. The Morgan fingerprint density at radius 1 is 1.58 bits per heavy atom. The van der Waals surface area contributed by atoms with Crippen molar-refractivity contribution >= 4 is 5.97 Å². The number of carboxylic acid groups (broad SMARTS) is 1. The number of carbonyl (C=O) groups is 1. The van der Waals surface area contributed by atoms with Crippen molar-refractivity contribution in [2.75, 3.05) is 13.7 Å². The van der Waals surface area contributed by atoms with Crippen LogP contribution in [0.2, 0.25) is 0 Å². The van der Waals surface area contributed by atoms with Gasteiger partial charge in [-0.25, -0.2) is 4.79 Å². The van der Waals surface area contributed by atoms with Gasteiger partial charge in [0.25, 0.3) is 0 Å². The standard InChI is InChI=1S/C9H16O3/c1-6(2)8(5-12-4)7(3)9(10)11/h6,8H,3,5H2,1-2,4H3,(H,10,11)/t8-/m1/s1. The van der Waals surface area contributed by atoms with Gasteiger partial charge < -0.3 is 9.84 Å². The van der Waals surface area contributed by atoms with E-state index < -0.39 is 5.97 Å². The lowest BCUT2D eigenvalue weighted by Crippen LogP contribution is -2.21. The van der Waals surface area contributed by atoms with Gasteiger partial charge in [-0.1, -0.05) is 20.4 Å². The summed E-state index contributed by atoms with van der Waals surface area (Å²) in [6, 6.07) is 0. The first-order valence-corrected chi connectivity index (χ1v) is 3.91. The minimum Gasteiger partial charge on any atom is -0.478 e. The molecule has 0 rings (SSSR count). The lowest BCUT2D eigenvalue weighted by molar-refractivity contribution is -0.133. The first-order valence-electron chi connectivity index (χ1n) is 3.91. The van der Waals surface area contributed by atoms with Gasteiger partial charge in [-0.05, 0) is 5.92 Å². The number of hydrogen-bond donors (Lipinski definition) is 1. The molecule has 0 spiro atoms. The van der Waals surface area contributed by atoms with Crippen LogP contribution in [0.25, 0.3) is 0 Å². The number of rotatable bonds is 5. The third kappa shape index (κ3) is 3.05. The molecule has 0 fully saturated rings. The topological polar surface area (TPSA) is 46.5 Å². The van der Waals surface area contributed by atoms with E-state index in [0.29, 0.717) is 6.61 Å². The van der Waals surface area contributed by atoms with Crippen molar-refractivity contribution in [2.45, 2.75) is 13.8 Å². The van der Waals surface area contributed by atoms with E-state index in [1.54, 1.807) is 7.11 Å². The summed E-state index contributed by atoms with van der Waals surface area (Å²) < 4.78 is 4.91. The lowest BCUT2D eigenvalue weighted by Gasteiger charge is -2.19. The van der Waals surface area contributed by atoms with Gasteiger partial charge in [0.15, 0.2) is 0 Å². The minimum atomic E-state index is -0.939. The molecular weight excluding hydrogens is 156 g/mol. The van der Waals surface area contributed by atoms with Crippen molar-refractivity contribution in [3.63, 3.8) is 0 Å². The highest BCUT2D eigenvalue weighted by molar-refractivity contribution is 5.86. The highest BCUT2D eigenvalue weighted by atomic mass is 16.5. The van der Waals surface area contributed by atoms with Gasteiger partial charge in [0.1, 0.15) is 0 Å². The van der Waals surface area contributed by atoms with Crippen LogP contribution < -0.4 is 0 Å². The molecule has 0 aromatic carbocycles. The smallest absolute Gasteiger partial charge is 0.331 e. The Labute approximate surface area is 73.0 Å². The van der Waals surface area contributed by atoms with Crippen molar-refractivity contribution in [2.24, 2.45) is 11.8 Å². The molecule has 0 heterocycles. The van der Waals surface area contributed by atoms with Crippen LogP contribution in [-0.2, 0) is 9.53 Å². The van der Waals surface area contributed by atoms with Crippen LogP contribution in [0.15, 0.2) is 12.2 Å². The van der Waals surface area contributed by atoms with E-state index in [-0.39, 0.29) is 17.4 Å². The number of hydrogen-bond acceptors (Lipinski definition) is 2. The van der Waals surface area contributed by atoms with E-state index >= 15 is 0 Å². The van der Waals surface area contributed by atoms with E-state index in [9.17, 15) is 4.79 Å². The molecule has 0 aliphatic carbocycles. The molecule has 0 saturated carbocycles. The Morgan fingerprint density at radius 3 is 2.33 bits per heavy atom. The van der Waals surface area contributed by atoms with Gasteiger partial charge in [0.05, 0.1) is 6.61 Å². The number of methoxy groups -OCH3 is 1. The number of carboxylic acids is 1.